The van der Waals surface area contributed by atoms with Crippen molar-refractivity contribution in [2.75, 3.05) is 13.7 Å². The van der Waals surface area contributed by atoms with Crippen LogP contribution in [0.1, 0.15) is 44.1 Å². The van der Waals surface area contributed by atoms with Crippen molar-refractivity contribution in [3.8, 4) is 5.75 Å². The van der Waals surface area contributed by atoms with Crippen LogP contribution in [0, 0.1) is 17.8 Å². The van der Waals surface area contributed by atoms with Crippen molar-refractivity contribution in [2.45, 2.75) is 50.5 Å². The second kappa shape index (κ2) is 6.93. The van der Waals surface area contributed by atoms with Gasteiger partial charge < -0.3 is 14.8 Å². The Bertz CT molecular complexity index is 664. The number of benzene rings is 1. The Morgan fingerprint density at radius 2 is 1.77 bits per heavy atom. The number of ether oxygens (including phenoxy) is 2. The molecule has 0 atom stereocenters. The number of carbonyl (C=O) groups excluding carboxylic acids is 2. The summed E-state index contributed by atoms with van der Waals surface area (Å²) in [7, 11) is 1.59. The van der Waals surface area contributed by atoms with E-state index in [-0.39, 0.29) is 30.4 Å². The quantitative estimate of drug-likeness (QED) is 0.795. The first-order valence-corrected chi connectivity index (χ1v) is 9.63. The molecule has 4 bridgehead atoms. The minimum Gasteiger partial charge on any atom is -0.497 e. The van der Waals surface area contributed by atoms with E-state index in [4.69, 9.17) is 9.47 Å². The molecular weight excluding hydrogens is 330 g/mol. The molecule has 26 heavy (non-hydrogen) atoms. The van der Waals surface area contributed by atoms with E-state index in [1.165, 1.54) is 19.3 Å². The Morgan fingerprint density at radius 1 is 1.12 bits per heavy atom. The maximum Gasteiger partial charge on any atom is 0.310 e. The number of carbonyl (C=O) groups is 2. The van der Waals surface area contributed by atoms with Crippen LogP contribution in [0.5, 0.6) is 5.75 Å². The summed E-state index contributed by atoms with van der Waals surface area (Å²) in [5.41, 5.74) is 0.779. The number of amides is 1. The van der Waals surface area contributed by atoms with Gasteiger partial charge in [-0.05, 0) is 74.0 Å². The molecule has 140 valence electrons. The van der Waals surface area contributed by atoms with Crippen molar-refractivity contribution in [3.05, 3.63) is 29.8 Å². The topological polar surface area (TPSA) is 64.6 Å². The van der Waals surface area contributed by atoms with Crippen molar-refractivity contribution in [2.24, 2.45) is 17.8 Å². The maximum absolute atomic E-state index is 12.4. The molecule has 5 heteroatoms. The second-order valence-corrected chi connectivity index (χ2v) is 8.44. The summed E-state index contributed by atoms with van der Waals surface area (Å²) >= 11 is 0. The number of hydrogen-bond donors (Lipinski definition) is 1. The summed E-state index contributed by atoms with van der Waals surface area (Å²) in [6, 6.07) is 7.31. The van der Waals surface area contributed by atoms with E-state index >= 15 is 0 Å². The summed E-state index contributed by atoms with van der Waals surface area (Å²) in [5, 5.41) is 3.23. The molecule has 4 aliphatic rings. The fourth-order valence-electron chi connectivity index (χ4n) is 5.74. The van der Waals surface area contributed by atoms with Crippen LogP contribution in [-0.2, 0) is 20.7 Å². The van der Waals surface area contributed by atoms with E-state index in [1.807, 2.05) is 18.2 Å². The molecule has 5 nitrogen and oxygen atoms in total. The van der Waals surface area contributed by atoms with Crippen LogP contribution in [0.4, 0.5) is 0 Å². The van der Waals surface area contributed by atoms with Gasteiger partial charge in [0, 0.05) is 5.54 Å². The Morgan fingerprint density at radius 3 is 2.38 bits per heavy atom. The maximum atomic E-state index is 12.4. The van der Waals surface area contributed by atoms with Gasteiger partial charge in [0.05, 0.1) is 13.5 Å². The van der Waals surface area contributed by atoms with Gasteiger partial charge in [0.15, 0.2) is 6.61 Å². The monoisotopic (exact) mass is 357 g/mol. The Hall–Kier alpha value is -2.04. The first-order valence-electron chi connectivity index (χ1n) is 9.63. The molecule has 0 saturated heterocycles. The fourth-order valence-corrected chi connectivity index (χ4v) is 5.74. The summed E-state index contributed by atoms with van der Waals surface area (Å²) < 4.78 is 10.4. The predicted octanol–water partition coefficient (Wildman–Crippen LogP) is 2.87. The van der Waals surface area contributed by atoms with Crippen LogP contribution in [-0.4, -0.2) is 31.1 Å². The largest absolute Gasteiger partial charge is 0.497 e. The average Bonchev–Trinajstić information content (AvgIpc) is 2.58. The van der Waals surface area contributed by atoms with Gasteiger partial charge in [-0.1, -0.05) is 12.1 Å². The number of nitrogens with one attached hydrogen (secondary N) is 1. The Balaban J connectivity index is 1.27. The lowest BCUT2D eigenvalue weighted by Gasteiger charge is -2.56. The average molecular weight is 357 g/mol. The molecule has 4 fully saturated rings. The molecule has 1 aromatic carbocycles. The first-order chi connectivity index (χ1) is 12.5. The third kappa shape index (κ3) is 3.71. The zero-order chi connectivity index (χ0) is 18.1. The summed E-state index contributed by atoms with van der Waals surface area (Å²) in [6.45, 7) is -0.190. The Labute approximate surface area is 154 Å². The first kappa shape index (κ1) is 17.4. The third-order valence-electron chi connectivity index (χ3n) is 6.29. The lowest BCUT2D eigenvalue weighted by molar-refractivity contribution is -0.149. The molecule has 0 aromatic heterocycles. The minimum atomic E-state index is -0.390. The van der Waals surface area contributed by atoms with Gasteiger partial charge in [-0.25, -0.2) is 0 Å². The van der Waals surface area contributed by atoms with E-state index in [9.17, 15) is 9.59 Å². The molecular formula is C21H27NO4. The van der Waals surface area contributed by atoms with Crippen LogP contribution < -0.4 is 10.1 Å². The molecule has 0 aliphatic heterocycles. The normalized spacial score (nSPS) is 31.5. The summed E-state index contributed by atoms with van der Waals surface area (Å²) in [4.78, 5) is 24.4. The van der Waals surface area contributed by atoms with Crippen LogP contribution in [0.15, 0.2) is 24.3 Å². The molecule has 1 aromatic rings. The summed E-state index contributed by atoms with van der Waals surface area (Å²) in [6.07, 6.45) is 7.45. The van der Waals surface area contributed by atoms with E-state index in [0.717, 1.165) is 42.6 Å². The minimum absolute atomic E-state index is 0.0367. The van der Waals surface area contributed by atoms with Crippen molar-refractivity contribution in [3.63, 3.8) is 0 Å². The van der Waals surface area contributed by atoms with Crippen molar-refractivity contribution >= 4 is 11.9 Å². The Kier molecular flexibility index (Phi) is 4.63. The number of hydrogen-bond acceptors (Lipinski definition) is 4. The van der Waals surface area contributed by atoms with Crippen LogP contribution in [0.2, 0.25) is 0 Å². The van der Waals surface area contributed by atoms with E-state index in [1.54, 1.807) is 13.2 Å². The number of esters is 1. The van der Waals surface area contributed by atoms with Crippen molar-refractivity contribution in [1.82, 2.24) is 5.32 Å². The van der Waals surface area contributed by atoms with Crippen LogP contribution in [0.25, 0.3) is 0 Å². The molecule has 5 rings (SSSR count). The zero-order valence-corrected chi connectivity index (χ0v) is 15.3. The van der Waals surface area contributed by atoms with Gasteiger partial charge in [-0.15, -0.1) is 0 Å². The zero-order valence-electron chi connectivity index (χ0n) is 15.3. The third-order valence-corrected chi connectivity index (χ3v) is 6.29. The molecule has 4 saturated carbocycles. The van der Waals surface area contributed by atoms with Gasteiger partial charge in [-0.3, -0.25) is 9.59 Å². The van der Waals surface area contributed by atoms with Crippen LogP contribution >= 0.6 is 0 Å². The number of rotatable bonds is 6. The molecule has 0 spiro atoms. The van der Waals surface area contributed by atoms with Crippen molar-refractivity contribution < 1.29 is 19.1 Å². The molecule has 1 amide bonds. The van der Waals surface area contributed by atoms with E-state index < -0.39 is 0 Å². The van der Waals surface area contributed by atoms with Gasteiger partial charge in [0.2, 0.25) is 0 Å². The van der Waals surface area contributed by atoms with E-state index in [0.29, 0.717) is 5.75 Å². The highest BCUT2D eigenvalue weighted by Gasteiger charge is 2.51. The lowest BCUT2D eigenvalue weighted by atomic mass is 9.53. The standard InChI is InChI=1S/C21H27NO4/c1-25-18-4-2-3-14(8-18)9-20(24)26-13-19(23)22-21-10-15-5-16(11-21)7-17(6-15)12-21/h2-4,8,15-17H,5-7,9-13H2,1H3,(H,22,23). The molecule has 0 unspecified atom stereocenters. The van der Waals surface area contributed by atoms with Gasteiger partial charge in [0.25, 0.3) is 5.91 Å². The van der Waals surface area contributed by atoms with E-state index in [2.05, 4.69) is 5.32 Å². The van der Waals surface area contributed by atoms with Crippen LogP contribution in [0.3, 0.4) is 0 Å². The molecule has 0 heterocycles. The molecule has 4 aliphatic carbocycles. The van der Waals surface area contributed by atoms with Gasteiger partial charge in [-0.2, -0.15) is 0 Å². The fraction of sp³-hybridized carbons (Fsp3) is 0.619. The lowest BCUT2D eigenvalue weighted by Crippen LogP contribution is -2.60. The highest BCUT2D eigenvalue weighted by Crippen LogP contribution is 2.55. The van der Waals surface area contributed by atoms with Gasteiger partial charge >= 0.3 is 5.97 Å². The van der Waals surface area contributed by atoms with Gasteiger partial charge in [0.1, 0.15) is 5.75 Å². The second-order valence-electron chi connectivity index (χ2n) is 8.44. The predicted molar refractivity (Wildman–Crippen MR) is 96.7 cm³/mol. The van der Waals surface area contributed by atoms with Crippen molar-refractivity contribution in [1.29, 1.82) is 0 Å². The highest BCUT2D eigenvalue weighted by molar-refractivity contribution is 5.81. The molecule has 1 N–H and O–H groups in total. The number of methoxy groups -OCH3 is 1. The SMILES string of the molecule is COc1cccc(CC(=O)OCC(=O)NC23CC4CC(CC(C4)C2)C3)c1. The summed E-state index contributed by atoms with van der Waals surface area (Å²) in [5.74, 6) is 2.48. The smallest absolute Gasteiger partial charge is 0.310 e. The molecule has 0 radical (unpaired) electrons. The highest BCUT2D eigenvalue weighted by atomic mass is 16.5.